The number of nitrogens with one attached hydrogen (secondary N) is 1. The molecule has 11 heteroatoms. The lowest BCUT2D eigenvalue weighted by Gasteiger charge is -2.23. The zero-order valence-electron chi connectivity index (χ0n) is 21.0. The quantitative estimate of drug-likeness (QED) is 0.211. The zero-order chi connectivity index (χ0) is 26.8. The van der Waals surface area contributed by atoms with Gasteiger partial charge in [0.25, 0.3) is 0 Å². The average molecular weight is 538 g/mol. The first kappa shape index (κ1) is 28.7. The van der Waals surface area contributed by atoms with E-state index in [1.165, 1.54) is 14.2 Å². The molecule has 0 saturated heterocycles. The van der Waals surface area contributed by atoms with Crippen LogP contribution in [-0.2, 0) is 35.0 Å². The maximum atomic E-state index is 12.8. The summed E-state index contributed by atoms with van der Waals surface area (Å²) >= 11 is 6.01. The van der Waals surface area contributed by atoms with Crippen LogP contribution >= 0.6 is 11.6 Å². The first-order valence-electron chi connectivity index (χ1n) is 11.8. The van der Waals surface area contributed by atoms with Gasteiger partial charge in [-0.25, -0.2) is 9.59 Å². The maximum absolute atomic E-state index is 12.8. The van der Waals surface area contributed by atoms with Crippen LogP contribution < -0.4 is 14.8 Å². The number of halogens is 1. The summed E-state index contributed by atoms with van der Waals surface area (Å²) in [7, 11) is 2.91. The van der Waals surface area contributed by atoms with Gasteiger partial charge in [0.1, 0.15) is 13.2 Å². The van der Waals surface area contributed by atoms with Crippen molar-refractivity contribution in [2.75, 3.05) is 47.2 Å². The highest BCUT2D eigenvalue weighted by molar-refractivity contribution is 6.30. The van der Waals surface area contributed by atoms with Crippen LogP contribution in [0.1, 0.15) is 24.2 Å². The third kappa shape index (κ3) is 7.56. The van der Waals surface area contributed by atoms with E-state index in [-0.39, 0.29) is 44.0 Å². The molecular formula is C26H32ClNO9. The van der Waals surface area contributed by atoms with Gasteiger partial charge < -0.3 is 38.8 Å². The molecule has 37 heavy (non-hydrogen) atoms. The molecule has 0 saturated carbocycles. The van der Waals surface area contributed by atoms with Gasteiger partial charge in [-0.15, -0.1) is 0 Å². The summed E-state index contributed by atoms with van der Waals surface area (Å²) in [5.41, 5.74) is 1.58. The monoisotopic (exact) mass is 537 g/mol. The van der Waals surface area contributed by atoms with Crippen molar-refractivity contribution in [3.05, 3.63) is 58.6 Å². The molecule has 0 unspecified atom stereocenters. The highest BCUT2D eigenvalue weighted by Gasteiger charge is 2.59. The van der Waals surface area contributed by atoms with Crippen molar-refractivity contribution in [2.24, 2.45) is 0 Å². The fourth-order valence-electron chi connectivity index (χ4n) is 3.62. The van der Waals surface area contributed by atoms with Crippen molar-refractivity contribution >= 4 is 23.5 Å². The minimum atomic E-state index is -2.42. The molecule has 0 aromatic heterocycles. The second kappa shape index (κ2) is 13.6. The molecule has 0 fully saturated rings. The smallest absolute Gasteiger partial charge is 0.453 e. The summed E-state index contributed by atoms with van der Waals surface area (Å²) in [6.07, 6.45) is -0.144. The van der Waals surface area contributed by atoms with E-state index >= 15 is 0 Å². The largest absolute Gasteiger partial charge is 0.457 e. The third-order valence-corrected chi connectivity index (χ3v) is 5.76. The molecular weight excluding hydrogens is 506 g/mol. The molecule has 1 heterocycles. The van der Waals surface area contributed by atoms with Gasteiger partial charge in [0.05, 0.1) is 19.3 Å². The number of fused-ring (bicyclic) bond motifs is 1. The summed E-state index contributed by atoms with van der Waals surface area (Å²) in [5, 5.41) is 14.3. The Labute approximate surface area is 220 Å². The molecule has 202 valence electrons. The van der Waals surface area contributed by atoms with E-state index < -0.39 is 23.8 Å². The van der Waals surface area contributed by atoms with E-state index in [9.17, 15) is 14.7 Å². The molecule has 1 aliphatic rings. The van der Waals surface area contributed by atoms with Crippen molar-refractivity contribution in [2.45, 2.75) is 31.3 Å². The number of esters is 2. The fourth-order valence-corrected chi connectivity index (χ4v) is 3.82. The summed E-state index contributed by atoms with van der Waals surface area (Å²) in [5.74, 6) is -4.11. The van der Waals surface area contributed by atoms with Crippen LogP contribution in [0.3, 0.4) is 0 Å². The maximum Gasteiger partial charge on any atom is 0.453 e. The van der Waals surface area contributed by atoms with Crippen LogP contribution in [0, 0.1) is 0 Å². The van der Waals surface area contributed by atoms with Gasteiger partial charge >= 0.3 is 17.7 Å². The Kier molecular flexibility index (Phi) is 10.5. The van der Waals surface area contributed by atoms with E-state index in [1.807, 2.05) is 13.0 Å². The highest BCUT2D eigenvalue weighted by atomic mass is 35.5. The Balaban J connectivity index is 1.65. The average Bonchev–Trinajstić information content (AvgIpc) is 3.28. The van der Waals surface area contributed by atoms with Crippen molar-refractivity contribution in [3.63, 3.8) is 0 Å². The van der Waals surface area contributed by atoms with Gasteiger partial charge in [-0.2, -0.15) is 0 Å². The Bertz CT molecular complexity index is 1040. The summed E-state index contributed by atoms with van der Waals surface area (Å²) in [4.78, 5) is 25.7. The lowest BCUT2D eigenvalue weighted by atomic mass is 10.1. The number of methoxy groups -OCH3 is 2. The number of ether oxygens (including phenoxy) is 6. The van der Waals surface area contributed by atoms with Gasteiger partial charge in [0.15, 0.2) is 11.5 Å². The Morgan fingerprint density at radius 2 is 1.62 bits per heavy atom. The number of carbonyl (C=O) groups is 2. The van der Waals surface area contributed by atoms with Crippen molar-refractivity contribution in [3.8, 4) is 11.5 Å². The Hall–Kier alpha value is -2.89. The van der Waals surface area contributed by atoms with Gasteiger partial charge in [-0.05, 0) is 48.7 Å². The SMILES string of the molecule is COCCOC(=O)C1(C(=O)OCCOC)Oc2ccc(C[C@@H](C)NC[C@H](O)c3cccc(Cl)c3)cc2O1. The molecule has 1 aliphatic heterocycles. The van der Waals surface area contributed by atoms with E-state index in [1.54, 1.807) is 36.4 Å². The number of carbonyl (C=O) groups excluding carboxylic acids is 2. The lowest BCUT2D eigenvalue weighted by molar-refractivity contribution is -0.203. The van der Waals surface area contributed by atoms with Crippen LogP contribution in [0.2, 0.25) is 5.02 Å². The summed E-state index contributed by atoms with van der Waals surface area (Å²) in [6.45, 7) is 2.38. The normalized spacial score (nSPS) is 15.2. The highest BCUT2D eigenvalue weighted by Crippen LogP contribution is 2.41. The first-order chi connectivity index (χ1) is 17.8. The van der Waals surface area contributed by atoms with Crippen LogP contribution in [0.15, 0.2) is 42.5 Å². The molecule has 2 atom stereocenters. The molecule has 0 aliphatic carbocycles. The van der Waals surface area contributed by atoms with Gasteiger partial charge in [-0.3, -0.25) is 0 Å². The molecule has 10 nitrogen and oxygen atoms in total. The number of aliphatic hydroxyl groups excluding tert-OH is 1. The molecule has 0 bridgehead atoms. The predicted octanol–water partition coefficient (Wildman–Crippen LogP) is 2.44. The Morgan fingerprint density at radius 1 is 0.973 bits per heavy atom. The van der Waals surface area contributed by atoms with Crippen LogP contribution in [-0.4, -0.2) is 76.1 Å². The molecule has 2 N–H and O–H groups in total. The fraction of sp³-hybridized carbons (Fsp3) is 0.462. The number of rotatable bonds is 14. The minimum absolute atomic E-state index is 0.0167. The van der Waals surface area contributed by atoms with Crippen molar-refractivity contribution in [1.82, 2.24) is 5.32 Å². The number of hydrogen-bond donors (Lipinski definition) is 2. The molecule has 2 aromatic rings. The number of benzene rings is 2. The molecule has 3 rings (SSSR count). The molecule has 0 spiro atoms. The summed E-state index contributed by atoms with van der Waals surface area (Å²) < 4.78 is 31.5. The van der Waals surface area contributed by atoms with E-state index in [0.29, 0.717) is 18.0 Å². The van der Waals surface area contributed by atoms with Gasteiger partial charge in [-0.1, -0.05) is 29.8 Å². The minimum Gasteiger partial charge on any atom is -0.457 e. The van der Waals surface area contributed by atoms with Crippen molar-refractivity contribution < 1.29 is 43.1 Å². The van der Waals surface area contributed by atoms with Crippen LogP contribution in [0.5, 0.6) is 11.5 Å². The van der Waals surface area contributed by atoms with E-state index in [0.717, 1.165) is 11.1 Å². The zero-order valence-corrected chi connectivity index (χ0v) is 21.8. The molecule has 2 aromatic carbocycles. The van der Waals surface area contributed by atoms with Crippen molar-refractivity contribution in [1.29, 1.82) is 0 Å². The standard InChI is InChI=1S/C26H32ClNO9/c1-17(28-16-21(29)19-5-4-6-20(27)15-19)13-18-7-8-22-23(14-18)37-26(36-22,24(30)34-11-9-32-2)25(31)35-12-10-33-3/h4-8,14-15,17,21,28-29H,9-13,16H2,1-3H3/t17-,21+/m1/s1. The van der Waals surface area contributed by atoms with Crippen LogP contribution in [0.4, 0.5) is 0 Å². The second-order valence-electron chi connectivity index (χ2n) is 8.44. The van der Waals surface area contributed by atoms with Crippen LogP contribution in [0.25, 0.3) is 0 Å². The number of aliphatic hydroxyl groups is 1. The summed E-state index contributed by atoms with van der Waals surface area (Å²) in [6, 6.07) is 12.2. The topological polar surface area (TPSA) is 122 Å². The van der Waals surface area contributed by atoms with Gasteiger partial charge in [0.2, 0.25) is 0 Å². The molecule has 0 amide bonds. The van der Waals surface area contributed by atoms with E-state index in [2.05, 4.69) is 5.32 Å². The Morgan fingerprint density at radius 3 is 2.24 bits per heavy atom. The molecule has 0 radical (unpaired) electrons. The first-order valence-corrected chi connectivity index (χ1v) is 12.2. The van der Waals surface area contributed by atoms with Gasteiger partial charge in [0, 0.05) is 31.8 Å². The number of hydrogen-bond acceptors (Lipinski definition) is 10. The second-order valence-corrected chi connectivity index (χ2v) is 8.88. The van der Waals surface area contributed by atoms with E-state index in [4.69, 9.17) is 40.0 Å². The lowest BCUT2D eigenvalue weighted by Crippen LogP contribution is -2.56. The third-order valence-electron chi connectivity index (χ3n) is 5.53. The predicted molar refractivity (Wildman–Crippen MR) is 134 cm³/mol.